The van der Waals surface area contributed by atoms with Crippen LogP contribution in [0.3, 0.4) is 0 Å². The van der Waals surface area contributed by atoms with Gasteiger partial charge in [0, 0.05) is 29.4 Å². The molecule has 0 radical (unpaired) electrons. The topological polar surface area (TPSA) is 29.5 Å². The maximum Gasteiger partial charge on any atom is 0.339 e. The molecule has 4 heteroatoms. The molecule has 0 atom stereocenters. The lowest BCUT2D eigenvalue weighted by Crippen LogP contribution is -2.35. The Balaban J connectivity index is 2.18. The van der Waals surface area contributed by atoms with Gasteiger partial charge in [0.05, 0.1) is 12.2 Å². The predicted molar refractivity (Wildman–Crippen MR) is 69.5 cm³/mol. The average molecular weight is 253 g/mol. The van der Waals surface area contributed by atoms with Gasteiger partial charge in [-0.1, -0.05) is 0 Å². The Labute approximate surface area is 106 Å². The van der Waals surface area contributed by atoms with Crippen molar-refractivity contribution in [1.29, 1.82) is 0 Å². The molecule has 94 valence electrons. The number of hydrogen-bond donors (Lipinski definition) is 0. The Hall–Kier alpha value is -0.870. The molecule has 0 saturated heterocycles. The zero-order chi connectivity index (χ0) is 12.4. The van der Waals surface area contributed by atoms with Crippen molar-refractivity contribution in [2.24, 2.45) is 0 Å². The standard InChI is InChI=1S/C13H19NO2S/c1-4-16-13(15)11-8-17-12-7-14(9(2)3)6-5-10(11)12/h8-9H,4-7H2,1-3H3. The van der Waals surface area contributed by atoms with E-state index in [2.05, 4.69) is 18.7 Å². The summed E-state index contributed by atoms with van der Waals surface area (Å²) in [4.78, 5) is 15.5. The number of carbonyl (C=O) groups is 1. The minimum atomic E-state index is -0.164. The normalized spacial score (nSPS) is 16.0. The summed E-state index contributed by atoms with van der Waals surface area (Å²) in [5, 5.41) is 1.95. The van der Waals surface area contributed by atoms with Crippen LogP contribution in [-0.4, -0.2) is 30.1 Å². The van der Waals surface area contributed by atoms with E-state index in [1.165, 1.54) is 10.4 Å². The molecule has 0 fully saturated rings. The fraction of sp³-hybridized carbons (Fsp3) is 0.615. The molecular weight excluding hydrogens is 234 g/mol. The third-order valence-corrected chi connectivity index (χ3v) is 4.22. The minimum absolute atomic E-state index is 0.164. The van der Waals surface area contributed by atoms with Crippen LogP contribution < -0.4 is 0 Å². The second-order valence-corrected chi connectivity index (χ2v) is 5.55. The van der Waals surface area contributed by atoms with Crippen molar-refractivity contribution in [3.8, 4) is 0 Å². The molecule has 2 heterocycles. The first kappa shape index (κ1) is 12.6. The van der Waals surface area contributed by atoms with E-state index in [1.807, 2.05) is 12.3 Å². The van der Waals surface area contributed by atoms with Gasteiger partial charge in [0.2, 0.25) is 0 Å². The molecule has 0 N–H and O–H groups in total. The van der Waals surface area contributed by atoms with Crippen LogP contribution in [0, 0.1) is 0 Å². The lowest BCUT2D eigenvalue weighted by atomic mass is 10.0. The van der Waals surface area contributed by atoms with Crippen LogP contribution in [0.2, 0.25) is 0 Å². The van der Waals surface area contributed by atoms with E-state index in [9.17, 15) is 4.79 Å². The highest BCUT2D eigenvalue weighted by atomic mass is 32.1. The summed E-state index contributed by atoms with van der Waals surface area (Å²) in [6, 6.07) is 0.566. The fourth-order valence-electron chi connectivity index (χ4n) is 2.17. The van der Waals surface area contributed by atoms with Crippen LogP contribution in [0.25, 0.3) is 0 Å². The van der Waals surface area contributed by atoms with E-state index in [1.54, 1.807) is 11.3 Å². The highest BCUT2D eigenvalue weighted by Gasteiger charge is 2.25. The smallest absolute Gasteiger partial charge is 0.339 e. The minimum Gasteiger partial charge on any atom is -0.462 e. The van der Waals surface area contributed by atoms with Crippen molar-refractivity contribution in [1.82, 2.24) is 4.90 Å². The lowest BCUT2D eigenvalue weighted by Gasteiger charge is -2.30. The summed E-state index contributed by atoms with van der Waals surface area (Å²) in [7, 11) is 0. The van der Waals surface area contributed by atoms with Gasteiger partial charge in [0.15, 0.2) is 0 Å². The molecule has 2 rings (SSSR count). The van der Waals surface area contributed by atoms with E-state index in [0.717, 1.165) is 25.1 Å². The van der Waals surface area contributed by atoms with E-state index < -0.39 is 0 Å². The number of esters is 1. The number of thiophene rings is 1. The highest BCUT2D eigenvalue weighted by molar-refractivity contribution is 7.10. The Morgan fingerprint density at radius 3 is 3.00 bits per heavy atom. The zero-order valence-corrected chi connectivity index (χ0v) is 11.5. The van der Waals surface area contributed by atoms with Crippen molar-refractivity contribution >= 4 is 17.3 Å². The summed E-state index contributed by atoms with van der Waals surface area (Å²) < 4.78 is 5.08. The van der Waals surface area contributed by atoms with E-state index in [0.29, 0.717) is 12.6 Å². The number of nitrogens with zero attached hydrogens (tertiary/aromatic N) is 1. The highest BCUT2D eigenvalue weighted by Crippen LogP contribution is 2.29. The second-order valence-electron chi connectivity index (χ2n) is 4.59. The Morgan fingerprint density at radius 1 is 1.59 bits per heavy atom. The summed E-state index contributed by atoms with van der Waals surface area (Å²) in [6.07, 6.45) is 0.963. The van der Waals surface area contributed by atoms with E-state index in [-0.39, 0.29) is 5.97 Å². The fourth-order valence-corrected chi connectivity index (χ4v) is 3.26. The van der Waals surface area contributed by atoms with E-state index in [4.69, 9.17) is 4.74 Å². The Bertz CT molecular complexity index is 412. The summed E-state index contributed by atoms with van der Waals surface area (Å²) in [5.41, 5.74) is 2.00. The predicted octanol–water partition coefficient (Wildman–Crippen LogP) is 2.69. The molecule has 0 bridgehead atoms. The molecule has 1 aromatic heterocycles. The van der Waals surface area contributed by atoms with Crippen molar-refractivity contribution < 1.29 is 9.53 Å². The maximum absolute atomic E-state index is 11.8. The van der Waals surface area contributed by atoms with Gasteiger partial charge in [-0.2, -0.15) is 0 Å². The van der Waals surface area contributed by atoms with Crippen molar-refractivity contribution in [3.05, 3.63) is 21.4 Å². The number of fused-ring (bicyclic) bond motifs is 1. The Kier molecular flexibility index (Phi) is 3.84. The zero-order valence-electron chi connectivity index (χ0n) is 10.7. The summed E-state index contributed by atoms with van der Waals surface area (Å²) in [6.45, 7) is 8.72. The Morgan fingerprint density at radius 2 is 2.35 bits per heavy atom. The monoisotopic (exact) mass is 253 g/mol. The molecule has 0 aliphatic carbocycles. The van der Waals surface area contributed by atoms with Gasteiger partial charge in [0.25, 0.3) is 0 Å². The average Bonchev–Trinajstić information content (AvgIpc) is 2.71. The third kappa shape index (κ3) is 2.53. The number of carbonyl (C=O) groups excluding carboxylic acids is 1. The van der Waals surface area contributed by atoms with Gasteiger partial charge < -0.3 is 4.74 Å². The van der Waals surface area contributed by atoms with Gasteiger partial charge in [-0.15, -0.1) is 11.3 Å². The van der Waals surface area contributed by atoms with Crippen LogP contribution in [0.15, 0.2) is 5.38 Å². The molecule has 3 nitrogen and oxygen atoms in total. The van der Waals surface area contributed by atoms with Gasteiger partial charge in [-0.25, -0.2) is 4.79 Å². The van der Waals surface area contributed by atoms with Crippen LogP contribution in [-0.2, 0) is 17.7 Å². The molecule has 0 aromatic carbocycles. The van der Waals surface area contributed by atoms with Gasteiger partial charge in [-0.3, -0.25) is 4.90 Å². The summed E-state index contributed by atoms with van der Waals surface area (Å²) >= 11 is 1.68. The number of ether oxygens (including phenoxy) is 1. The molecule has 1 aliphatic rings. The van der Waals surface area contributed by atoms with Gasteiger partial charge >= 0.3 is 5.97 Å². The van der Waals surface area contributed by atoms with Crippen molar-refractivity contribution in [2.75, 3.05) is 13.2 Å². The molecule has 17 heavy (non-hydrogen) atoms. The third-order valence-electron chi connectivity index (χ3n) is 3.20. The van der Waals surface area contributed by atoms with Crippen LogP contribution in [0.4, 0.5) is 0 Å². The SMILES string of the molecule is CCOC(=O)c1csc2c1CCN(C(C)C)C2. The first-order chi connectivity index (χ1) is 8.13. The van der Waals surface area contributed by atoms with Crippen LogP contribution >= 0.6 is 11.3 Å². The second kappa shape index (κ2) is 5.19. The lowest BCUT2D eigenvalue weighted by molar-refractivity contribution is 0.0525. The first-order valence-corrected chi connectivity index (χ1v) is 7.01. The summed E-state index contributed by atoms with van der Waals surface area (Å²) in [5.74, 6) is -0.164. The molecule has 1 aromatic rings. The van der Waals surface area contributed by atoms with E-state index >= 15 is 0 Å². The van der Waals surface area contributed by atoms with Gasteiger partial charge in [-0.05, 0) is 32.8 Å². The van der Waals surface area contributed by atoms with Crippen molar-refractivity contribution in [3.63, 3.8) is 0 Å². The number of rotatable bonds is 3. The molecule has 0 unspecified atom stereocenters. The quantitative estimate of drug-likeness (QED) is 0.776. The maximum atomic E-state index is 11.8. The van der Waals surface area contributed by atoms with Crippen LogP contribution in [0.5, 0.6) is 0 Å². The largest absolute Gasteiger partial charge is 0.462 e. The van der Waals surface area contributed by atoms with Crippen molar-refractivity contribution in [2.45, 2.75) is 39.8 Å². The van der Waals surface area contributed by atoms with Crippen LogP contribution in [0.1, 0.15) is 41.6 Å². The van der Waals surface area contributed by atoms with Gasteiger partial charge in [0.1, 0.15) is 0 Å². The molecule has 1 aliphatic heterocycles. The molecule has 0 saturated carbocycles. The molecule has 0 amide bonds. The molecule has 0 spiro atoms. The first-order valence-electron chi connectivity index (χ1n) is 6.13. The molecular formula is C13H19NO2S. The number of hydrogen-bond acceptors (Lipinski definition) is 4.